The minimum Gasteiger partial charge on any atom is -0.378 e. The van der Waals surface area contributed by atoms with E-state index in [0.717, 1.165) is 47.4 Å². The monoisotopic (exact) mass is 447 g/mol. The van der Waals surface area contributed by atoms with Gasteiger partial charge in [-0.2, -0.15) is 0 Å². The molecule has 4 aliphatic carbocycles. The van der Waals surface area contributed by atoms with Crippen LogP contribution < -0.4 is 5.32 Å². The fourth-order valence-electron chi connectivity index (χ4n) is 9.83. The number of thiocarbonyl (C=S) groups is 1. The summed E-state index contributed by atoms with van der Waals surface area (Å²) < 4.78 is 7.54. The molecule has 11 atom stereocenters. The molecule has 168 valence electrons. The summed E-state index contributed by atoms with van der Waals surface area (Å²) in [6.45, 7) is 8.08. The Labute approximate surface area is 193 Å². The second-order valence-electron chi connectivity index (χ2n) is 12.1. The Morgan fingerprint density at radius 1 is 1.00 bits per heavy atom. The van der Waals surface area contributed by atoms with Crippen molar-refractivity contribution in [2.24, 2.45) is 47.3 Å². The summed E-state index contributed by atoms with van der Waals surface area (Å²) in [5.74, 6) is 6.92. The summed E-state index contributed by atoms with van der Waals surface area (Å²) in [6.07, 6.45) is 13.1. The van der Waals surface area contributed by atoms with E-state index in [1.807, 2.05) is 0 Å². The number of piperidine rings is 1. The molecule has 2 saturated heterocycles. The van der Waals surface area contributed by atoms with Gasteiger partial charge in [0.2, 0.25) is 0 Å². The van der Waals surface area contributed by atoms with Crippen molar-refractivity contribution in [2.75, 3.05) is 6.61 Å². The molecule has 0 spiro atoms. The average Bonchev–Trinajstić information content (AvgIpc) is 3.03. The van der Waals surface area contributed by atoms with Gasteiger partial charge in [-0.05, 0) is 94.3 Å². The number of hydrogen-bond acceptors (Lipinski definition) is 4. The first-order valence-electron chi connectivity index (χ1n) is 13.1. The molecule has 6 rings (SSSR count). The van der Waals surface area contributed by atoms with Gasteiger partial charge >= 0.3 is 0 Å². The summed E-state index contributed by atoms with van der Waals surface area (Å²) in [4.78, 5) is 0. The van der Waals surface area contributed by atoms with Gasteiger partial charge in [0.25, 0.3) is 0 Å². The van der Waals surface area contributed by atoms with E-state index in [-0.39, 0.29) is 5.54 Å². The highest BCUT2D eigenvalue weighted by Crippen LogP contribution is 2.67. The predicted octanol–water partition coefficient (Wildman–Crippen LogP) is 6.08. The Kier molecular flexibility index (Phi) is 5.38. The molecule has 0 aromatic carbocycles. The Morgan fingerprint density at radius 3 is 2.53 bits per heavy atom. The fraction of sp³-hybridized carbons (Fsp3) is 0.962. The number of nitrogens with one attached hydrogen (secondary N) is 1. The van der Waals surface area contributed by atoms with Gasteiger partial charge in [0.1, 0.15) is 0 Å². The van der Waals surface area contributed by atoms with Gasteiger partial charge in [-0.25, -0.2) is 0 Å². The summed E-state index contributed by atoms with van der Waals surface area (Å²) in [7, 11) is 0. The third-order valence-electron chi connectivity index (χ3n) is 10.5. The SMILES string of the molecule is CCOC1CCC2NC(C)(C)C3C(C(=S)SC4C5CCCC6CCCC(C65)C43)C2C1. The van der Waals surface area contributed by atoms with Crippen LogP contribution in [0.5, 0.6) is 0 Å². The highest BCUT2D eigenvalue weighted by atomic mass is 32.2. The minimum atomic E-state index is 0.207. The smallest absolute Gasteiger partial charge is 0.0579 e. The lowest BCUT2D eigenvalue weighted by atomic mass is 9.55. The highest BCUT2D eigenvalue weighted by Gasteiger charge is 2.65. The molecule has 0 aromatic heterocycles. The van der Waals surface area contributed by atoms with Gasteiger partial charge in [0.15, 0.2) is 0 Å². The normalized spacial score (nSPS) is 54.0. The topological polar surface area (TPSA) is 21.3 Å². The van der Waals surface area contributed by atoms with Crippen molar-refractivity contribution in [3.05, 3.63) is 0 Å². The molecule has 2 aliphatic heterocycles. The molecule has 0 amide bonds. The van der Waals surface area contributed by atoms with Gasteiger partial charge in [0.05, 0.1) is 10.3 Å². The Bertz CT molecular complexity index is 693. The first-order chi connectivity index (χ1) is 14.5. The van der Waals surface area contributed by atoms with E-state index in [4.69, 9.17) is 17.0 Å². The van der Waals surface area contributed by atoms with Crippen molar-refractivity contribution in [1.82, 2.24) is 5.32 Å². The van der Waals surface area contributed by atoms with Crippen LogP contribution in [0.15, 0.2) is 0 Å². The maximum Gasteiger partial charge on any atom is 0.0579 e. The molecule has 6 aliphatic rings. The van der Waals surface area contributed by atoms with Crippen LogP contribution in [0.4, 0.5) is 0 Å². The second-order valence-corrected chi connectivity index (χ2v) is 14.0. The molecular weight excluding hydrogens is 406 g/mol. The molecule has 2 heterocycles. The molecule has 4 heteroatoms. The third kappa shape index (κ3) is 3.06. The van der Waals surface area contributed by atoms with E-state index in [9.17, 15) is 0 Å². The quantitative estimate of drug-likeness (QED) is 0.518. The average molecular weight is 448 g/mol. The summed E-state index contributed by atoms with van der Waals surface area (Å²) in [6, 6.07) is 0.635. The van der Waals surface area contributed by atoms with E-state index in [2.05, 4.69) is 37.8 Å². The zero-order chi connectivity index (χ0) is 20.6. The molecule has 11 unspecified atom stereocenters. The fourth-order valence-corrected chi connectivity index (χ4v) is 12.3. The van der Waals surface area contributed by atoms with Crippen molar-refractivity contribution in [3.8, 4) is 0 Å². The molecule has 6 fully saturated rings. The van der Waals surface area contributed by atoms with E-state index in [1.54, 1.807) is 0 Å². The maximum absolute atomic E-state index is 6.31. The van der Waals surface area contributed by atoms with Crippen LogP contribution in [0.25, 0.3) is 0 Å². The van der Waals surface area contributed by atoms with Gasteiger partial charge in [-0.1, -0.05) is 37.9 Å². The second kappa shape index (κ2) is 7.71. The van der Waals surface area contributed by atoms with Gasteiger partial charge in [-0.15, -0.1) is 11.8 Å². The minimum absolute atomic E-state index is 0.207. The number of rotatable bonds is 2. The van der Waals surface area contributed by atoms with E-state index in [0.29, 0.717) is 24.0 Å². The lowest BCUT2D eigenvalue weighted by Crippen LogP contribution is -2.68. The van der Waals surface area contributed by atoms with Crippen LogP contribution in [-0.4, -0.2) is 33.7 Å². The van der Waals surface area contributed by atoms with Crippen LogP contribution in [0.2, 0.25) is 0 Å². The van der Waals surface area contributed by atoms with E-state index >= 15 is 0 Å². The van der Waals surface area contributed by atoms with Crippen LogP contribution in [0.3, 0.4) is 0 Å². The summed E-state index contributed by atoms with van der Waals surface area (Å²) in [5.41, 5.74) is 0.207. The molecule has 4 saturated carbocycles. The van der Waals surface area contributed by atoms with Crippen LogP contribution in [0, 0.1) is 47.3 Å². The Balaban J connectivity index is 1.37. The van der Waals surface area contributed by atoms with Gasteiger partial charge < -0.3 is 10.1 Å². The van der Waals surface area contributed by atoms with Crippen molar-refractivity contribution in [1.29, 1.82) is 0 Å². The molecule has 0 bridgehead atoms. The Morgan fingerprint density at radius 2 is 1.77 bits per heavy atom. The van der Waals surface area contributed by atoms with Gasteiger partial charge in [0, 0.05) is 29.4 Å². The van der Waals surface area contributed by atoms with E-state index in [1.165, 1.54) is 62.0 Å². The largest absolute Gasteiger partial charge is 0.378 e. The maximum atomic E-state index is 6.31. The molecule has 2 nitrogen and oxygen atoms in total. The number of fused-ring (bicyclic) bond motifs is 7. The van der Waals surface area contributed by atoms with Crippen LogP contribution in [-0.2, 0) is 4.74 Å². The molecule has 30 heavy (non-hydrogen) atoms. The zero-order valence-electron chi connectivity index (χ0n) is 19.1. The zero-order valence-corrected chi connectivity index (χ0v) is 20.8. The third-order valence-corrected chi connectivity index (χ3v) is 12.5. The lowest BCUT2D eigenvalue weighted by molar-refractivity contribution is -0.0539. The number of hydrogen-bond donors (Lipinski definition) is 1. The van der Waals surface area contributed by atoms with E-state index < -0.39 is 0 Å². The van der Waals surface area contributed by atoms with Crippen molar-refractivity contribution in [2.45, 2.75) is 101 Å². The standard InChI is InChI=1S/C26H41NOS2/c1-4-28-15-11-12-19-18(13-15)22-23(26(2,3)27-19)21-16-9-5-7-14-8-6-10-17(20(14)16)24(21)30-25(22)29/h14-24,27H,4-13H2,1-3H3. The molecule has 0 aromatic rings. The predicted molar refractivity (Wildman–Crippen MR) is 130 cm³/mol. The van der Waals surface area contributed by atoms with Crippen molar-refractivity contribution < 1.29 is 4.74 Å². The summed E-state index contributed by atoms with van der Waals surface area (Å²) >= 11 is 8.52. The van der Waals surface area contributed by atoms with Crippen LogP contribution in [0.1, 0.15) is 78.6 Å². The molecule has 1 N–H and O–H groups in total. The molecular formula is C26H41NOS2. The van der Waals surface area contributed by atoms with Crippen LogP contribution >= 0.6 is 24.0 Å². The number of thioether (sulfide) groups is 1. The highest BCUT2D eigenvalue weighted by molar-refractivity contribution is 8.23. The number of ether oxygens (including phenoxy) is 1. The first kappa shape index (κ1) is 20.9. The van der Waals surface area contributed by atoms with Crippen molar-refractivity contribution in [3.63, 3.8) is 0 Å². The first-order valence-corrected chi connectivity index (χ1v) is 14.4. The lowest BCUT2D eigenvalue weighted by Gasteiger charge is -2.60. The Hall–Kier alpha value is 0.360. The molecule has 0 radical (unpaired) electrons. The summed E-state index contributed by atoms with van der Waals surface area (Å²) in [5, 5.41) is 5.04. The van der Waals surface area contributed by atoms with Gasteiger partial charge in [-0.3, -0.25) is 0 Å². The van der Waals surface area contributed by atoms with Crippen molar-refractivity contribution >= 4 is 28.2 Å².